The molecule has 4 unspecified atom stereocenters. The second-order valence-electron chi connectivity index (χ2n) is 6.05. The van der Waals surface area contributed by atoms with Crippen LogP contribution in [0.2, 0.25) is 0 Å². The van der Waals surface area contributed by atoms with Crippen molar-refractivity contribution in [1.82, 2.24) is 5.32 Å². The van der Waals surface area contributed by atoms with Gasteiger partial charge in [0.2, 0.25) is 0 Å². The molecule has 0 spiro atoms. The number of hydrogen-bond acceptors (Lipinski definition) is 2. The van der Waals surface area contributed by atoms with Crippen LogP contribution in [0, 0.1) is 23.7 Å². The van der Waals surface area contributed by atoms with Crippen molar-refractivity contribution in [3.8, 4) is 0 Å². The van der Waals surface area contributed by atoms with Crippen LogP contribution in [0.15, 0.2) is 0 Å². The van der Waals surface area contributed by atoms with Crippen molar-refractivity contribution in [2.24, 2.45) is 23.7 Å². The zero-order chi connectivity index (χ0) is 12.1. The van der Waals surface area contributed by atoms with Crippen LogP contribution in [0.4, 0.5) is 0 Å². The normalized spacial score (nSPS) is 39.2. The summed E-state index contributed by atoms with van der Waals surface area (Å²) < 4.78 is 5.71. The summed E-state index contributed by atoms with van der Waals surface area (Å²) in [5.74, 6) is 3.64. The molecule has 2 fully saturated rings. The summed E-state index contributed by atoms with van der Waals surface area (Å²) in [5, 5.41) is 3.40. The lowest BCUT2D eigenvalue weighted by molar-refractivity contribution is -0.00281. The van der Waals surface area contributed by atoms with Crippen LogP contribution in [0.3, 0.4) is 0 Å². The van der Waals surface area contributed by atoms with Crippen molar-refractivity contribution >= 4 is 0 Å². The van der Waals surface area contributed by atoms with Crippen molar-refractivity contribution in [2.45, 2.75) is 45.4 Å². The maximum absolute atomic E-state index is 5.71. The van der Waals surface area contributed by atoms with Gasteiger partial charge < -0.3 is 10.1 Å². The standard InChI is InChI=1S/C15H29NO/c1-3-12-6-7-13(10-16-2)15(9-12)14-5-4-8-17-11-14/h12-16H,3-11H2,1-2H3. The van der Waals surface area contributed by atoms with Crippen molar-refractivity contribution in [3.63, 3.8) is 0 Å². The Balaban J connectivity index is 1.96. The Bertz CT molecular complexity index is 208. The molecule has 0 amide bonds. The molecule has 1 heterocycles. The SMILES string of the molecule is CCC1CCC(CNC)C(C2CCCOC2)C1. The molecule has 1 saturated carbocycles. The Hall–Kier alpha value is -0.0800. The fourth-order valence-corrected chi connectivity index (χ4v) is 3.93. The molecular formula is C15H29NO. The van der Waals surface area contributed by atoms with Crippen LogP contribution >= 0.6 is 0 Å². The zero-order valence-electron chi connectivity index (χ0n) is 11.6. The summed E-state index contributed by atoms with van der Waals surface area (Å²) in [6.07, 6.45) is 8.40. The maximum Gasteiger partial charge on any atom is 0.0497 e. The molecule has 1 aliphatic heterocycles. The Labute approximate surface area is 107 Å². The molecule has 0 bridgehead atoms. The van der Waals surface area contributed by atoms with Gasteiger partial charge in [-0.1, -0.05) is 19.8 Å². The molecule has 2 nitrogen and oxygen atoms in total. The van der Waals surface area contributed by atoms with E-state index in [0.29, 0.717) is 0 Å². The molecule has 0 aromatic carbocycles. The van der Waals surface area contributed by atoms with Gasteiger partial charge >= 0.3 is 0 Å². The van der Waals surface area contributed by atoms with E-state index >= 15 is 0 Å². The van der Waals surface area contributed by atoms with Crippen LogP contribution in [0.5, 0.6) is 0 Å². The van der Waals surface area contributed by atoms with Crippen LogP contribution in [-0.4, -0.2) is 26.8 Å². The molecule has 0 radical (unpaired) electrons. The van der Waals surface area contributed by atoms with Crippen LogP contribution in [0.25, 0.3) is 0 Å². The van der Waals surface area contributed by atoms with E-state index in [1.807, 2.05) is 0 Å². The molecule has 2 heteroatoms. The zero-order valence-corrected chi connectivity index (χ0v) is 11.6. The second kappa shape index (κ2) is 6.75. The fraction of sp³-hybridized carbons (Fsp3) is 1.00. The lowest BCUT2D eigenvalue weighted by Gasteiger charge is -2.41. The summed E-state index contributed by atoms with van der Waals surface area (Å²) in [6, 6.07) is 0. The highest BCUT2D eigenvalue weighted by Gasteiger charge is 2.35. The molecule has 17 heavy (non-hydrogen) atoms. The van der Waals surface area contributed by atoms with Gasteiger partial charge in [-0.25, -0.2) is 0 Å². The minimum atomic E-state index is 0.844. The molecule has 1 aliphatic carbocycles. The quantitative estimate of drug-likeness (QED) is 0.814. The third-order valence-corrected chi connectivity index (χ3v) is 5.00. The first-order valence-corrected chi connectivity index (χ1v) is 7.57. The molecule has 0 aromatic heterocycles. The third-order valence-electron chi connectivity index (χ3n) is 5.00. The second-order valence-corrected chi connectivity index (χ2v) is 6.05. The Morgan fingerprint density at radius 3 is 2.76 bits per heavy atom. The van der Waals surface area contributed by atoms with Crippen LogP contribution in [-0.2, 0) is 4.74 Å². The van der Waals surface area contributed by atoms with E-state index in [1.54, 1.807) is 0 Å². The molecule has 2 rings (SSSR count). The average Bonchev–Trinajstić information content (AvgIpc) is 2.40. The summed E-state index contributed by atoms with van der Waals surface area (Å²) in [4.78, 5) is 0. The predicted octanol–water partition coefficient (Wildman–Crippen LogP) is 3.07. The monoisotopic (exact) mass is 239 g/mol. The van der Waals surface area contributed by atoms with Crippen molar-refractivity contribution in [1.29, 1.82) is 0 Å². The van der Waals surface area contributed by atoms with E-state index in [4.69, 9.17) is 4.74 Å². The highest BCUT2D eigenvalue weighted by molar-refractivity contribution is 4.86. The van der Waals surface area contributed by atoms with E-state index in [9.17, 15) is 0 Å². The fourth-order valence-electron chi connectivity index (χ4n) is 3.93. The molecule has 0 aromatic rings. The molecule has 100 valence electrons. The van der Waals surface area contributed by atoms with Crippen LogP contribution < -0.4 is 5.32 Å². The van der Waals surface area contributed by atoms with E-state index in [2.05, 4.69) is 19.3 Å². The summed E-state index contributed by atoms with van der Waals surface area (Å²) in [6.45, 7) is 5.59. The molecule has 1 saturated heterocycles. The van der Waals surface area contributed by atoms with Gasteiger partial charge in [0.1, 0.15) is 0 Å². The van der Waals surface area contributed by atoms with E-state index < -0.39 is 0 Å². The summed E-state index contributed by atoms with van der Waals surface area (Å²) >= 11 is 0. The number of rotatable bonds is 4. The maximum atomic E-state index is 5.71. The topological polar surface area (TPSA) is 21.3 Å². The minimum Gasteiger partial charge on any atom is -0.381 e. The van der Waals surface area contributed by atoms with E-state index in [0.717, 1.165) is 36.9 Å². The van der Waals surface area contributed by atoms with Crippen molar-refractivity contribution < 1.29 is 4.74 Å². The van der Waals surface area contributed by atoms with E-state index in [1.165, 1.54) is 45.1 Å². The lowest BCUT2D eigenvalue weighted by Crippen LogP contribution is -2.38. The minimum absolute atomic E-state index is 0.844. The van der Waals surface area contributed by atoms with Gasteiger partial charge in [0.15, 0.2) is 0 Å². The van der Waals surface area contributed by atoms with E-state index in [-0.39, 0.29) is 0 Å². The van der Waals surface area contributed by atoms with Gasteiger partial charge in [-0.05, 0) is 62.9 Å². The Morgan fingerprint density at radius 1 is 1.24 bits per heavy atom. The Kier molecular flexibility index (Phi) is 5.30. The first kappa shape index (κ1) is 13.4. The third kappa shape index (κ3) is 3.45. The van der Waals surface area contributed by atoms with Gasteiger partial charge in [-0.2, -0.15) is 0 Å². The average molecular weight is 239 g/mol. The van der Waals surface area contributed by atoms with Gasteiger partial charge in [0.05, 0.1) is 0 Å². The lowest BCUT2D eigenvalue weighted by atomic mass is 9.67. The van der Waals surface area contributed by atoms with Gasteiger partial charge in [0, 0.05) is 13.2 Å². The summed E-state index contributed by atoms with van der Waals surface area (Å²) in [5.41, 5.74) is 0. The molecule has 2 aliphatic rings. The number of hydrogen-bond donors (Lipinski definition) is 1. The molecule has 4 atom stereocenters. The largest absolute Gasteiger partial charge is 0.381 e. The number of ether oxygens (including phenoxy) is 1. The predicted molar refractivity (Wildman–Crippen MR) is 72.1 cm³/mol. The van der Waals surface area contributed by atoms with Crippen molar-refractivity contribution in [2.75, 3.05) is 26.8 Å². The van der Waals surface area contributed by atoms with Gasteiger partial charge in [-0.3, -0.25) is 0 Å². The summed E-state index contributed by atoms with van der Waals surface area (Å²) in [7, 11) is 2.10. The highest BCUT2D eigenvalue weighted by atomic mass is 16.5. The van der Waals surface area contributed by atoms with Gasteiger partial charge in [-0.15, -0.1) is 0 Å². The first-order valence-electron chi connectivity index (χ1n) is 7.57. The number of nitrogens with one attached hydrogen (secondary N) is 1. The van der Waals surface area contributed by atoms with Crippen molar-refractivity contribution in [3.05, 3.63) is 0 Å². The van der Waals surface area contributed by atoms with Crippen LogP contribution in [0.1, 0.15) is 45.4 Å². The smallest absolute Gasteiger partial charge is 0.0497 e. The first-order chi connectivity index (χ1) is 8.35. The Morgan fingerprint density at radius 2 is 2.12 bits per heavy atom. The van der Waals surface area contributed by atoms with Gasteiger partial charge in [0.25, 0.3) is 0 Å². The molecule has 1 N–H and O–H groups in total. The molecular weight excluding hydrogens is 210 g/mol. The highest BCUT2D eigenvalue weighted by Crippen LogP contribution is 2.41.